The normalized spacial score (nSPS) is 11.8. The lowest BCUT2D eigenvalue weighted by Crippen LogP contribution is -2.27. The number of nitrogen functional groups attached to an aromatic ring is 1. The van der Waals surface area contributed by atoms with Gasteiger partial charge in [0.2, 0.25) is 11.0 Å². The second-order valence-corrected chi connectivity index (χ2v) is 7.38. The van der Waals surface area contributed by atoms with Gasteiger partial charge in [-0.2, -0.15) is 0 Å². The fourth-order valence-electron chi connectivity index (χ4n) is 2.15. The molecular weight excluding hydrogens is 340 g/mol. The monoisotopic (exact) mass is 356 g/mol. The Balaban J connectivity index is 1.74. The molecule has 3 rings (SSSR count). The van der Waals surface area contributed by atoms with Crippen LogP contribution in [-0.2, 0) is 11.3 Å². The molecule has 3 N–H and O–H groups in total. The Bertz CT molecular complexity index is 793. The molecule has 7 heteroatoms. The van der Waals surface area contributed by atoms with E-state index in [1.165, 1.54) is 23.1 Å². The Hall–Kier alpha value is -2.38. The molecule has 1 aromatic heterocycles. The molecule has 1 atom stereocenters. The molecule has 0 aliphatic carbocycles. The van der Waals surface area contributed by atoms with Crippen LogP contribution >= 0.6 is 23.1 Å². The molecule has 0 fully saturated rings. The molecule has 0 saturated heterocycles. The van der Waals surface area contributed by atoms with Gasteiger partial charge in [0.15, 0.2) is 4.34 Å². The zero-order valence-corrected chi connectivity index (χ0v) is 14.4. The zero-order valence-electron chi connectivity index (χ0n) is 12.8. The van der Waals surface area contributed by atoms with Gasteiger partial charge in [0.1, 0.15) is 5.25 Å². The van der Waals surface area contributed by atoms with Gasteiger partial charge < -0.3 is 11.1 Å². The molecule has 1 heterocycles. The summed E-state index contributed by atoms with van der Waals surface area (Å²) in [6, 6.07) is 19.5. The van der Waals surface area contributed by atoms with Crippen LogP contribution in [0.4, 0.5) is 5.13 Å². The second kappa shape index (κ2) is 7.94. The van der Waals surface area contributed by atoms with Crippen molar-refractivity contribution in [1.82, 2.24) is 15.5 Å². The molecule has 122 valence electrons. The van der Waals surface area contributed by atoms with Crippen molar-refractivity contribution in [2.45, 2.75) is 16.1 Å². The summed E-state index contributed by atoms with van der Waals surface area (Å²) in [5, 5.41) is 10.8. The van der Waals surface area contributed by atoms with E-state index < -0.39 is 5.25 Å². The molecule has 0 bridgehead atoms. The minimum absolute atomic E-state index is 0.0659. The number of carbonyl (C=O) groups excluding carboxylic acids is 1. The third kappa shape index (κ3) is 4.33. The molecular formula is C17H16N4OS2. The number of amides is 1. The Morgan fingerprint density at radius 2 is 1.75 bits per heavy atom. The number of hydrogen-bond donors (Lipinski definition) is 2. The first-order chi connectivity index (χ1) is 11.7. The number of benzene rings is 2. The minimum Gasteiger partial charge on any atom is -0.374 e. The predicted molar refractivity (Wildman–Crippen MR) is 97.7 cm³/mol. The maximum atomic E-state index is 12.7. The standard InChI is InChI=1S/C17H16N4OS2/c18-16-20-21-17(24-16)23-14(13-9-5-2-6-10-13)15(22)19-11-12-7-3-1-4-8-12/h1-10,14H,11H2,(H2,18,20)(H,19,22)/t14-/m1/s1. The van der Waals surface area contributed by atoms with Gasteiger partial charge in [0.05, 0.1) is 0 Å². The van der Waals surface area contributed by atoms with Gasteiger partial charge in [0, 0.05) is 6.54 Å². The van der Waals surface area contributed by atoms with Crippen LogP contribution < -0.4 is 11.1 Å². The van der Waals surface area contributed by atoms with E-state index in [0.717, 1.165) is 11.1 Å². The Labute approximate surface area is 148 Å². The lowest BCUT2D eigenvalue weighted by atomic mass is 10.1. The molecule has 0 aliphatic heterocycles. The predicted octanol–water partition coefficient (Wildman–Crippen LogP) is 3.27. The first-order valence-corrected chi connectivity index (χ1v) is 9.04. The van der Waals surface area contributed by atoms with E-state index in [1.54, 1.807) is 0 Å². The lowest BCUT2D eigenvalue weighted by Gasteiger charge is -2.15. The van der Waals surface area contributed by atoms with Crippen LogP contribution in [0.25, 0.3) is 0 Å². The Kier molecular flexibility index (Phi) is 5.45. The molecule has 5 nitrogen and oxygen atoms in total. The van der Waals surface area contributed by atoms with Crippen LogP contribution in [0.2, 0.25) is 0 Å². The summed E-state index contributed by atoms with van der Waals surface area (Å²) in [5.74, 6) is -0.0659. The summed E-state index contributed by atoms with van der Waals surface area (Å²) in [5.41, 5.74) is 7.61. The van der Waals surface area contributed by atoms with Gasteiger partial charge in [-0.1, -0.05) is 83.8 Å². The molecule has 1 amide bonds. The van der Waals surface area contributed by atoms with Crippen LogP contribution in [0, 0.1) is 0 Å². The topological polar surface area (TPSA) is 80.9 Å². The fourth-order valence-corrected chi connectivity index (χ4v) is 4.00. The molecule has 24 heavy (non-hydrogen) atoms. The van der Waals surface area contributed by atoms with Crippen molar-refractivity contribution in [2.75, 3.05) is 5.73 Å². The van der Waals surface area contributed by atoms with Crippen LogP contribution in [0.5, 0.6) is 0 Å². The van der Waals surface area contributed by atoms with Gasteiger partial charge in [-0.3, -0.25) is 4.79 Å². The highest BCUT2D eigenvalue weighted by Gasteiger charge is 2.23. The summed E-state index contributed by atoms with van der Waals surface area (Å²) >= 11 is 2.64. The van der Waals surface area contributed by atoms with E-state index in [0.29, 0.717) is 16.0 Å². The van der Waals surface area contributed by atoms with Crippen molar-refractivity contribution in [2.24, 2.45) is 0 Å². The zero-order chi connectivity index (χ0) is 16.8. The lowest BCUT2D eigenvalue weighted by molar-refractivity contribution is -0.120. The van der Waals surface area contributed by atoms with E-state index in [9.17, 15) is 4.79 Å². The van der Waals surface area contributed by atoms with Gasteiger partial charge in [-0.25, -0.2) is 0 Å². The highest BCUT2D eigenvalue weighted by Crippen LogP contribution is 2.37. The highest BCUT2D eigenvalue weighted by molar-refractivity contribution is 8.01. The number of rotatable bonds is 6. The van der Waals surface area contributed by atoms with Crippen LogP contribution in [0.1, 0.15) is 16.4 Å². The summed E-state index contributed by atoms with van der Waals surface area (Å²) in [6.45, 7) is 0.488. The minimum atomic E-state index is -0.401. The summed E-state index contributed by atoms with van der Waals surface area (Å²) in [4.78, 5) is 12.7. The third-order valence-corrected chi connectivity index (χ3v) is 5.38. The molecule has 0 radical (unpaired) electrons. The van der Waals surface area contributed by atoms with Gasteiger partial charge >= 0.3 is 0 Å². The van der Waals surface area contributed by atoms with Crippen LogP contribution in [0.3, 0.4) is 0 Å². The fraction of sp³-hybridized carbons (Fsp3) is 0.118. The first kappa shape index (κ1) is 16.5. The second-order valence-electron chi connectivity index (χ2n) is 5.02. The molecule has 3 aromatic rings. The van der Waals surface area contributed by atoms with Gasteiger partial charge in [0.25, 0.3) is 0 Å². The number of nitrogens with two attached hydrogens (primary N) is 1. The molecule has 0 spiro atoms. The van der Waals surface area contributed by atoms with Gasteiger partial charge in [-0.15, -0.1) is 10.2 Å². The average molecular weight is 356 g/mol. The number of aromatic nitrogens is 2. The van der Waals surface area contributed by atoms with Crippen LogP contribution in [0.15, 0.2) is 65.0 Å². The average Bonchev–Trinajstić information content (AvgIpc) is 3.04. The Morgan fingerprint density at radius 1 is 1.08 bits per heavy atom. The van der Waals surface area contributed by atoms with Crippen molar-refractivity contribution in [3.63, 3.8) is 0 Å². The maximum absolute atomic E-state index is 12.7. The van der Waals surface area contributed by atoms with E-state index in [-0.39, 0.29) is 5.91 Å². The highest BCUT2D eigenvalue weighted by atomic mass is 32.2. The maximum Gasteiger partial charge on any atom is 0.238 e. The Morgan fingerprint density at radius 3 is 2.38 bits per heavy atom. The third-order valence-electron chi connectivity index (χ3n) is 3.29. The number of nitrogens with one attached hydrogen (secondary N) is 1. The molecule has 0 aliphatic rings. The number of thioether (sulfide) groups is 1. The quantitative estimate of drug-likeness (QED) is 0.663. The van der Waals surface area contributed by atoms with E-state index in [4.69, 9.17) is 5.73 Å². The van der Waals surface area contributed by atoms with Crippen molar-refractivity contribution >= 4 is 34.1 Å². The smallest absolute Gasteiger partial charge is 0.238 e. The first-order valence-electron chi connectivity index (χ1n) is 7.34. The SMILES string of the molecule is Nc1nnc(S[C@@H](C(=O)NCc2ccccc2)c2ccccc2)s1. The van der Waals surface area contributed by atoms with Crippen molar-refractivity contribution in [3.8, 4) is 0 Å². The van der Waals surface area contributed by atoms with E-state index >= 15 is 0 Å². The number of anilines is 1. The molecule has 0 saturated carbocycles. The van der Waals surface area contributed by atoms with Crippen molar-refractivity contribution in [1.29, 1.82) is 0 Å². The number of carbonyl (C=O) groups is 1. The van der Waals surface area contributed by atoms with Crippen molar-refractivity contribution in [3.05, 3.63) is 71.8 Å². The van der Waals surface area contributed by atoms with Crippen LogP contribution in [-0.4, -0.2) is 16.1 Å². The summed E-state index contributed by atoms with van der Waals surface area (Å²) in [6.07, 6.45) is 0. The van der Waals surface area contributed by atoms with E-state index in [1.807, 2.05) is 60.7 Å². The summed E-state index contributed by atoms with van der Waals surface area (Å²) < 4.78 is 0.677. The summed E-state index contributed by atoms with van der Waals surface area (Å²) in [7, 11) is 0. The number of hydrogen-bond acceptors (Lipinski definition) is 6. The van der Waals surface area contributed by atoms with Gasteiger partial charge in [-0.05, 0) is 11.1 Å². The largest absolute Gasteiger partial charge is 0.374 e. The molecule has 0 unspecified atom stereocenters. The van der Waals surface area contributed by atoms with Crippen molar-refractivity contribution < 1.29 is 4.79 Å². The number of nitrogens with zero attached hydrogens (tertiary/aromatic N) is 2. The van der Waals surface area contributed by atoms with E-state index in [2.05, 4.69) is 15.5 Å². The molecule has 2 aromatic carbocycles.